The molecule has 0 atom stereocenters. The third kappa shape index (κ3) is 6.56. The van der Waals surface area contributed by atoms with E-state index in [2.05, 4.69) is 15.3 Å². The second-order valence-corrected chi connectivity index (χ2v) is 9.54. The maximum Gasteiger partial charge on any atom is 0.419 e. The number of rotatable bonds is 5. The van der Waals surface area contributed by atoms with Crippen molar-refractivity contribution in [3.05, 3.63) is 40.8 Å². The number of aromatic nitrogens is 2. The molecule has 1 amide bonds. The standard InChI is InChI=1S/C23H31ClN4O4/c1-9-25-18-17(14(2)26-19(27-18)20(29)31-22(3,4)5)28(21(30)32-23(6,7)8)16-13-11-10-12-15(16)24/h10-13H,9H2,1-8H3,(H,25,26,27). The Kier molecular flexibility index (Phi) is 7.72. The molecule has 0 radical (unpaired) electrons. The zero-order valence-electron chi connectivity index (χ0n) is 19.9. The lowest BCUT2D eigenvalue weighted by molar-refractivity contribution is 0.00553. The molecule has 1 heterocycles. The van der Waals surface area contributed by atoms with Crippen molar-refractivity contribution in [2.45, 2.75) is 66.6 Å². The molecule has 2 rings (SSSR count). The highest BCUT2D eigenvalue weighted by molar-refractivity contribution is 6.34. The zero-order valence-corrected chi connectivity index (χ0v) is 20.6. The van der Waals surface area contributed by atoms with Crippen LogP contribution in [0.5, 0.6) is 0 Å². The fraction of sp³-hybridized carbons (Fsp3) is 0.478. The Hall–Kier alpha value is -2.87. The van der Waals surface area contributed by atoms with Crippen molar-refractivity contribution in [2.24, 2.45) is 0 Å². The largest absolute Gasteiger partial charge is 0.454 e. The molecular weight excluding hydrogens is 432 g/mol. The minimum atomic E-state index is -0.750. The summed E-state index contributed by atoms with van der Waals surface area (Å²) in [6.07, 6.45) is -0.651. The predicted octanol–water partition coefficient (Wildman–Crippen LogP) is 5.90. The van der Waals surface area contributed by atoms with Gasteiger partial charge in [0, 0.05) is 6.54 Å². The monoisotopic (exact) mass is 462 g/mol. The normalized spacial score (nSPS) is 11.7. The van der Waals surface area contributed by atoms with Crippen molar-refractivity contribution in [1.82, 2.24) is 9.97 Å². The topological polar surface area (TPSA) is 93.6 Å². The van der Waals surface area contributed by atoms with Crippen molar-refractivity contribution in [3.63, 3.8) is 0 Å². The summed E-state index contributed by atoms with van der Waals surface area (Å²) in [5.74, 6) is -0.486. The number of esters is 1. The second kappa shape index (κ2) is 9.73. The zero-order chi connectivity index (χ0) is 24.3. The molecule has 32 heavy (non-hydrogen) atoms. The van der Waals surface area contributed by atoms with Crippen LogP contribution in [0.2, 0.25) is 5.02 Å². The van der Waals surface area contributed by atoms with E-state index in [1.54, 1.807) is 72.7 Å². The summed E-state index contributed by atoms with van der Waals surface area (Å²) in [6, 6.07) is 6.89. The summed E-state index contributed by atoms with van der Waals surface area (Å²) in [5.41, 5.74) is -0.338. The van der Waals surface area contributed by atoms with Crippen LogP contribution in [-0.4, -0.2) is 39.8 Å². The first kappa shape index (κ1) is 25.4. The smallest absolute Gasteiger partial charge is 0.419 e. The number of amides is 1. The molecule has 0 aliphatic rings. The number of nitrogens with one attached hydrogen (secondary N) is 1. The molecule has 1 aromatic carbocycles. The average molecular weight is 463 g/mol. The van der Waals surface area contributed by atoms with E-state index in [1.165, 1.54) is 4.90 Å². The number of hydrogen-bond donors (Lipinski definition) is 1. The van der Waals surface area contributed by atoms with Crippen LogP contribution in [0.15, 0.2) is 24.3 Å². The van der Waals surface area contributed by atoms with Gasteiger partial charge in [0.25, 0.3) is 0 Å². The van der Waals surface area contributed by atoms with Gasteiger partial charge in [-0.3, -0.25) is 0 Å². The summed E-state index contributed by atoms with van der Waals surface area (Å²) in [5, 5.41) is 3.45. The number of carbonyl (C=O) groups excluding carboxylic acids is 2. The van der Waals surface area contributed by atoms with Gasteiger partial charge in [-0.25, -0.2) is 24.5 Å². The number of para-hydroxylation sites is 1. The van der Waals surface area contributed by atoms with Gasteiger partial charge < -0.3 is 14.8 Å². The van der Waals surface area contributed by atoms with Crippen molar-refractivity contribution in [2.75, 3.05) is 16.8 Å². The van der Waals surface area contributed by atoms with Gasteiger partial charge in [-0.05, 0) is 67.5 Å². The lowest BCUT2D eigenvalue weighted by Gasteiger charge is -2.30. The number of nitrogens with zero attached hydrogens (tertiary/aromatic N) is 3. The highest BCUT2D eigenvalue weighted by Crippen LogP contribution is 2.38. The third-order valence-corrected chi connectivity index (χ3v) is 4.20. The molecule has 0 aliphatic carbocycles. The van der Waals surface area contributed by atoms with E-state index in [0.29, 0.717) is 28.6 Å². The van der Waals surface area contributed by atoms with Gasteiger partial charge in [0.05, 0.1) is 16.4 Å². The molecule has 0 fully saturated rings. The van der Waals surface area contributed by atoms with Gasteiger partial charge in [0.1, 0.15) is 16.9 Å². The van der Waals surface area contributed by atoms with Crippen LogP contribution in [0, 0.1) is 6.92 Å². The van der Waals surface area contributed by atoms with Crippen molar-refractivity contribution >= 4 is 40.9 Å². The quantitative estimate of drug-likeness (QED) is 0.553. The molecule has 0 spiro atoms. The maximum atomic E-state index is 13.3. The number of carbonyl (C=O) groups is 2. The fourth-order valence-corrected chi connectivity index (χ4v) is 3.01. The van der Waals surface area contributed by atoms with Crippen LogP contribution >= 0.6 is 11.6 Å². The second-order valence-electron chi connectivity index (χ2n) is 9.13. The highest BCUT2D eigenvalue weighted by Gasteiger charge is 2.32. The minimum absolute atomic E-state index is 0.111. The number of halogens is 1. The lowest BCUT2D eigenvalue weighted by atomic mass is 10.2. The van der Waals surface area contributed by atoms with Crippen LogP contribution < -0.4 is 10.2 Å². The Labute approximate surface area is 194 Å². The van der Waals surface area contributed by atoms with Crippen molar-refractivity contribution in [3.8, 4) is 0 Å². The first-order valence-electron chi connectivity index (χ1n) is 10.4. The Bertz CT molecular complexity index is 996. The Morgan fingerprint density at radius 3 is 2.16 bits per heavy atom. The van der Waals surface area contributed by atoms with Gasteiger partial charge in [-0.15, -0.1) is 0 Å². The molecule has 0 aliphatic heterocycles. The van der Waals surface area contributed by atoms with E-state index in [0.717, 1.165) is 0 Å². The van der Waals surface area contributed by atoms with Gasteiger partial charge in [0.15, 0.2) is 5.82 Å². The minimum Gasteiger partial charge on any atom is -0.454 e. The summed E-state index contributed by atoms with van der Waals surface area (Å²) in [7, 11) is 0. The van der Waals surface area contributed by atoms with Gasteiger partial charge >= 0.3 is 12.1 Å². The van der Waals surface area contributed by atoms with E-state index in [-0.39, 0.29) is 11.6 Å². The maximum absolute atomic E-state index is 13.3. The van der Waals surface area contributed by atoms with E-state index in [4.69, 9.17) is 21.1 Å². The molecule has 1 N–H and O–H groups in total. The van der Waals surface area contributed by atoms with E-state index in [1.807, 2.05) is 6.92 Å². The van der Waals surface area contributed by atoms with Crippen LogP contribution in [0.3, 0.4) is 0 Å². The summed E-state index contributed by atoms with van der Waals surface area (Å²) in [6.45, 7) is 14.7. The molecule has 2 aromatic rings. The number of anilines is 3. The third-order valence-electron chi connectivity index (χ3n) is 3.88. The van der Waals surface area contributed by atoms with Gasteiger partial charge in [-0.1, -0.05) is 23.7 Å². The fourth-order valence-electron chi connectivity index (χ4n) is 2.79. The van der Waals surface area contributed by atoms with E-state index >= 15 is 0 Å². The highest BCUT2D eigenvalue weighted by atomic mass is 35.5. The average Bonchev–Trinajstić information content (AvgIpc) is 2.62. The summed E-state index contributed by atoms with van der Waals surface area (Å²) < 4.78 is 11.1. The van der Waals surface area contributed by atoms with Crippen LogP contribution in [-0.2, 0) is 9.47 Å². The van der Waals surface area contributed by atoms with E-state index < -0.39 is 23.3 Å². The molecule has 174 valence electrons. The number of hydrogen-bond acceptors (Lipinski definition) is 7. The van der Waals surface area contributed by atoms with Gasteiger partial charge in [-0.2, -0.15) is 0 Å². The molecular formula is C23H31ClN4O4. The Balaban J connectivity index is 2.70. The lowest BCUT2D eigenvalue weighted by Crippen LogP contribution is -2.35. The number of ether oxygens (including phenoxy) is 2. The number of aryl methyl sites for hydroxylation is 1. The SMILES string of the molecule is CCNc1nc(C(=O)OC(C)(C)C)nc(C)c1N(C(=O)OC(C)(C)C)c1ccccc1Cl. The molecule has 0 unspecified atom stereocenters. The molecule has 1 aromatic heterocycles. The number of benzene rings is 1. The van der Waals surface area contributed by atoms with Crippen molar-refractivity contribution in [1.29, 1.82) is 0 Å². The van der Waals surface area contributed by atoms with Crippen LogP contribution in [0.4, 0.5) is 22.0 Å². The first-order valence-corrected chi connectivity index (χ1v) is 10.7. The Morgan fingerprint density at radius 1 is 1.03 bits per heavy atom. The molecule has 0 saturated carbocycles. The molecule has 9 heteroatoms. The first-order chi connectivity index (χ1) is 14.7. The predicted molar refractivity (Wildman–Crippen MR) is 126 cm³/mol. The van der Waals surface area contributed by atoms with Crippen LogP contribution in [0.25, 0.3) is 0 Å². The molecule has 0 bridgehead atoms. The van der Waals surface area contributed by atoms with E-state index in [9.17, 15) is 9.59 Å². The van der Waals surface area contributed by atoms with Crippen LogP contribution in [0.1, 0.15) is 64.8 Å². The molecule has 0 saturated heterocycles. The summed E-state index contributed by atoms with van der Waals surface area (Å²) in [4.78, 5) is 35.9. The summed E-state index contributed by atoms with van der Waals surface area (Å²) >= 11 is 6.44. The Morgan fingerprint density at radius 2 is 1.62 bits per heavy atom. The van der Waals surface area contributed by atoms with Gasteiger partial charge in [0.2, 0.25) is 5.82 Å². The molecule has 8 nitrogen and oxygen atoms in total. The van der Waals surface area contributed by atoms with Crippen molar-refractivity contribution < 1.29 is 19.1 Å².